The summed E-state index contributed by atoms with van der Waals surface area (Å²) in [5.74, 6) is 0.819. The van der Waals surface area contributed by atoms with E-state index in [0.717, 1.165) is 56.9 Å². The predicted octanol–water partition coefficient (Wildman–Crippen LogP) is 2.33. The van der Waals surface area contributed by atoms with Gasteiger partial charge in [0.2, 0.25) is 0 Å². The molecule has 2 fully saturated rings. The molecule has 1 N–H and O–H groups in total. The number of nitrogens with zero attached hydrogens (tertiary/aromatic N) is 3. The highest BCUT2D eigenvalue weighted by atomic mass is 16.6. The molecule has 8 nitrogen and oxygen atoms in total. The summed E-state index contributed by atoms with van der Waals surface area (Å²) in [5, 5.41) is 14.2. The van der Waals surface area contributed by atoms with Crippen molar-refractivity contribution in [1.82, 2.24) is 10.2 Å². The first-order valence-electron chi connectivity index (χ1n) is 9.58. The summed E-state index contributed by atoms with van der Waals surface area (Å²) in [7, 11) is 1.76. The number of benzene rings is 1. The first-order chi connectivity index (χ1) is 13.2. The summed E-state index contributed by atoms with van der Waals surface area (Å²) in [6, 6.07) is 6.67. The molecule has 3 rings (SSSR count). The van der Waals surface area contributed by atoms with Gasteiger partial charge in [0.15, 0.2) is 5.96 Å². The number of hydrogen-bond donors (Lipinski definition) is 1. The van der Waals surface area contributed by atoms with Gasteiger partial charge in [0.25, 0.3) is 5.69 Å². The fourth-order valence-corrected chi connectivity index (χ4v) is 3.55. The molecule has 1 unspecified atom stereocenters. The fraction of sp³-hybridized carbons (Fsp3) is 0.632. The molecular weight excluding hydrogens is 348 g/mol. The van der Waals surface area contributed by atoms with Gasteiger partial charge in [0, 0.05) is 45.4 Å². The summed E-state index contributed by atoms with van der Waals surface area (Å²) in [6.45, 7) is 3.82. The van der Waals surface area contributed by atoms with Crippen LogP contribution in [0.1, 0.15) is 31.2 Å². The average molecular weight is 376 g/mol. The van der Waals surface area contributed by atoms with Gasteiger partial charge in [-0.3, -0.25) is 15.1 Å². The average Bonchev–Trinajstić information content (AvgIpc) is 3.21. The van der Waals surface area contributed by atoms with E-state index in [-0.39, 0.29) is 22.8 Å². The number of rotatable bonds is 6. The van der Waals surface area contributed by atoms with E-state index in [2.05, 4.69) is 15.2 Å². The minimum Gasteiger partial charge on any atom is -0.376 e. The van der Waals surface area contributed by atoms with Crippen molar-refractivity contribution < 1.29 is 14.4 Å². The minimum absolute atomic E-state index is 0.105. The lowest BCUT2D eigenvalue weighted by Gasteiger charge is -2.34. The van der Waals surface area contributed by atoms with Crippen molar-refractivity contribution in [2.24, 2.45) is 4.99 Å². The van der Waals surface area contributed by atoms with E-state index in [1.807, 2.05) is 6.07 Å². The second-order valence-corrected chi connectivity index (χ2v) is 6.98. The second kappa shape index (κ2) is 9.66. The maximum absolute atomic E-state index is 10.9. The van der Waals surface area contributed by atoms with Crippen LogP contribution < -0.4 is 5.32 Å². The summed E-state index contributed by atoms with van der Waals surface area (Å²) >= 11 is 0. The Morgan fingerprint density at radius 2 is 2.22 bits per heavy atom. The molecule has 2 heterocycles. The van der Waals surface area contributed by atoms with Gasteiger partial charge in [0.05, 0.1) is 23.7 Å². The van der Waals surface area contributed by atoms with Gasteiger partial charge < -0.3 is 19.7 Å². The molecule has 27 heavy (non-hydrogen) atoms. The van der Waals surface area contributed by atoms with Crippen molar-refractivity contribution in [1.29, 1.82) is 0 Å². The molecule has 0 radical (unpaired) electrons. The van der Waals surface area contributed by atoms with Gasteiger partial charge in [-0.15, -0.1) is 0 Å². The van der Waals surface area contributed by atoms with E-state index >= 15 is 0 Å². The molecule has 2 aliphatic heterocycles. The van der Waals surface area contributed by atoms with Crippen LogP contribution in [0.5, 0.6) is 0 Å². The summed E-state index contributed by atoms with van der Waals surface area (Å²) in [4.78, 5) is 17.1. The summed E-state index contributed by atoms with van der Waals surface area (Å²) < 4.78 is 11.6. The van der Waals surface area contributed by atoms with Crippen molar-refractivity contribution in [3.63, 3.8) is 0 Å². The zero-order valence-electron chi connectivity index (χ0n) is 15.8. The fourth-order valence-electron chi connectivity index (χ4n) is 3.55. The summed E-state index contributed by atoms with van der Waals surface area (Å²) in [6.07, 6.45) is 4.72. The Labute approximate surface area is 159 Å². The lowest BCUT2D eigenvalue weighted by Crippen LogP contribution is -2.47. The van der Waals surface area contributed by atoms with E-state index < -0.39 is 0 Å². The highest BCUT2D eigenvalue weighted by Crippen LogP contribution is 2.18. The molecule has 0 spiro atoms. The van der Waals surface area contributed by atoms with Crippen LogP contribution in [0.3, 0.4) is 0 Å². The predicted molar refractivity (Wildman–Crippen MR) is 103 cm³/mol. The molecule has 0 bridgehead atoms. The van der Waals surface area contributed by atoms with E-state index in [1.54, 1.807) is 19.2 Å². The molecule has 8 heteroatoms. The van der Waals surface area contributed by atoms with Gasteiger partial charge in [-0.1, -0.05) is 12.1 Å². The third-order valence-corrected chi connectivity index (χ3v) is 5.07. The van der Waals surface area contributed by atoms with E-state index in [1.165, 1.54) is 6.07 Å². The second-order valence-electron chi connectivity index (χ2n) is 6.98. The molecule has 0 saturated carbocycles. The highest BCUT2D eigenvalue weighted by molar-refractivity contribution is 5.80. The third-order valence-electron chi connectivity index (χ3n) is 5.07. The molecule has 2 saturated heterocycles. The number of piperidine rings is 1. The van der Waals surface area contributed by atoms with Crippen LogP contribution in [0.15, 0.2) is 29.3 Å². The molecule has 148 valence electrons. The quantitative estimate of drug-likeness (QED) is 0.355. The number of aliphatic imine (C=N–C) groups is 1. The molecule has 1 aromatic carbocycles. The van der Waals surface area contributed by atoms with E-state index in [0.29, 0.717) is 13.2 Å². The monoisotopic (exact) mass is 376 g/mol. The van der Waals surface area contributed by atoms with Gasteiger partial charge in [0.1, 0.15) is 0 Å². The number of likely N-dealkylation sites (tertiary alicyclic amines) is 1. The maximum Gasteiger partial charge on any atom is 0.269 e. The highest BCUT2D eigenvalue weighted by Gasteiger charge is 2.24. The molecule has 0 amide bonds. The number of ether oxygens (including phenoxy) is 2. The van der Waals surface area contributed by atoms with Crippen molar-refractivity contribution in [2.75, 3.05) is 33.4 Å². The van der Waals surface area contributed by atoms with Crippen molar-refractivity contribution in [3.05, 3.63) is 39.9 Å². The number of nitrogens with one attached hydrogen (secondary N) is 1. The molecular formula is C19H28N4O4. The molecule has 1 aromatic rings. The van der Waals surface area contributed by atoms with E-state index in [9.17, 15) is 10.1 Å². The number of hydrogen-bond acceptors (Lipinski definition) is 5. The van der Waals surface area contributed by atoms with Gasteiger partial charge in [-0.05, 0) is 31.2 Å². The SMILES string of the molecule is CN=C(NCc1cccc([N+](=O)[O-])c1)N1CCC(OCC2CCCO2)CC1. The normalized spacial score (nSPS) is 21.4. The lowest BCUT2D eigenvalue weighted by molar-refractivity contribution is -0.384. The van der Waals surface area contributed by atoms with Crippen molar-refractivity contribution in [3.8, 4) is 0 Å². The van der Waals surface area contributed by atoms with Crippen LogP contribution in [0.4, 0.5) is 5.69 Å². The van der Waals surface area contributed by atoms with Gasteiger partial charge in [-0.25, -0.2) is 0 Å². The standard InChI is InChI=1S/C19H28N4O4/c1-20-19(21-13-15-4-2-5-16(12-15)23(24)25)22-9-7-17(8-10-22)27-14-18-6-3-11-26-18/h2,4-5,12,17-18H,3,6-11,13-14H2,1H3,(H,20,21). The van der Waals surface area contributed by atoms with Crippen LogP contribution in [0.2, 0.25) is 0 Å². The lowest BCUT2D eigenvalue weighted by atomic mass is 10.1. The van der Waals surface area contributed by atoms with E-state index in [4.69, 9.17) is 9.47 Å². The third kappa shape index (κ3) is 5.64. The number of nitro benzene ring substituents is 1. The number of non-ortho nitro benzene ring substituents is 1. The van der Waals surface area contributed by atoms with Crippen LogP contribution in [-0.4, -0.2) is 61.3 Å². The van der Waals surface area contributed by atoms with Crippen LogP contribution in [0.25, 0.3) is 0 Å². The number of nitro groups is 1. The molecule has 0 aromatic heterocycles. The number of guanidine groups is 1. The Hall–Kier alpha value is -2.19. The molecule has 0 aliphatic carbocycles. The molecule has 1 atom stereocenters. The first-order valence-corrected chi connectivity index (χ1v) is 9.58. The maximum atomic E-state index is 10.9. The van der Waals surface area contributed by atoms with Crippen LogP contribution in [-0.2, 0) is 16.0 Å². The van der Waals surface area contributed by atoms with Crippen molar-refractivity contribution >= 4 is 11.6 Å². The van der Waals surface area contributed by atoms with Crippen LogP contribution >= 0.6 is 0 Å². The topological polar surface area (TPSA) is 89.2 Å². The van der Waals surface area contributed by atoms with Crippen LogP contribution in [0, 0.1) is 10.1 Å². The van der Waals surface area contributed by atoms with Gasteiger partial charge >= 0.3 is 0 Å². The Balaban J connectivity index is 1.43. The minimum atomic E-state index is -0.375. The van der Waals surface area contributed by atoms with Gasteiger partial charge in [-0.2, -0.15) is 0 Å². The zero-order chi connectivity index (χ0) is 19.1. The Kier molecular flexibility index (Phi) is 7.00. The largest absolute Gasteiger partial charge is 0.376 e. The summed E-state index contributed by atoms with van der Waals surface area (Å²) in [5.41, 5.74) is 0.966. The molecule has 2 aliphatic rings. The first kappa shape index (κ1) is 19.6. The Morgan fingerprint density at radius 3 is 2.89 bits per heavy atom. The van der Waals surface area contributed by atoms with Crippen molar-refractivity contribution in [2.45, 2.75) is 44.4 Å². The zero-order valence-corrected chi connectivity index (χ0v) is 15.8. The Morgan fingerprint density at radius 1 is 1.41 bits per heavy atom. The smallest absolute Gasteiger partial charge is 0.269 e. The Bertz CT molecular complexity index is 653.